The standard InChI is InChI=1S/C19H31N3O3/c1-19(2,3)22-17(14-7-8-14)12-16(21-22)18(23)20-9-5-10-24-13-15-6-4-11-25-15/h12,14-15H,4-11,13H2,1-3H3,(H,20,23). The van der Waals surface area contributed by atoms with Gasteiger partial charge < -0.3 is 14.8 Å². The average molecular weight is 349 g/mol. The van der Waals surface area contributed by atoms with Gasteiger partial charge in [0.05, 0.1) is 18.2 Å². The molecule has 0 bridgehead atoms. The Balaban J connectivity index is 1.42. The number of amides is 1. The highest BCUT2D eigenvalue weighted by Crippen LogP contribution is 2.41. The second kappa shape index (κ2) is 7.87. The van der Waals surface area contributed by atoms with Crippen LogP contribution in [0.2, 0.25) is 0 Å². The summed E-state index contributed by atoms with van der Waals surface area (Å²) in [5.41, 5.74) is 1.61. The van der Waals surface area contributed by atoms with Gasteiger partial charge in [0.2, 0.25) is 0 Å². The van der Waals surface area contributed by atoms with Gasteiger partial charge in [0, 0.05) is 31.4 Å². The fourth-order valence-electron chi connectivity index (χ4n) is 3.17. The van der Waals surface area contributed by atoms with Gasteiger partial charge in [-0.05, 0) is 58.9 Å². The highest BCUT2D eigenvalue weighted by molar-refractivity contribution is 5.92. The van der Waals surface area contributed by atoms with Crippen LogP contribution in [0.15, 0.2) is 6.07 Å². The normalized spacial score (nSPS) is 20.8. The van der Waals surface area contributed by atoms with E-state index in [1.54, 1.807) is 0 Å². The number of nitrogens with one attached hydrogen (secondary N) is 1. The van der Waals surface area contributed by atoms with Gasteiger partial charge in [-0.2, -0.15) is 5.10 Å². The summed E-state index contributed by atoms with van der Waals surface area (Å²) in [6.07, 6.45) is 5.69. The topological polar surface area (TPSA) is 65.4 Å². The molecule has 1 aromatic rings. The molecule has 1 unspecified atom stereocenters. The molecule has 6 nitrogen and oxygen atoms in total. The highest BCUT2D eigenvalue weighted by Gasteiger charge is 2.32. The van der Waals surface area contributed by atoms with Crippen LogP contribution >= 0.6 is 0 Å². The van der Waals surface area contributed by atoms with E-state index in [0.29, 0.717) is 31.4 Å². The lowest BCUT2D eigenvalue weighted by Gasteiger charge is -2.22. The van der Waals surface area contributed by atoms with Gasteiger partial charge in [-0.15, -0.1) is 0 Å². The van der Waals surface area contributed by atoms with Gasteiger partial charge in [-0.3, -0.25) is 9.48 Å². The van der Waals surface area contributed by atoms with Gasteiger partial charge in [-0.1, -0.05) is 0 Å². The number of hydrogen-bond donors (Lipinski definition) is 1. The van der Waals surface area contributed by atoms with Gasteiger partial charge in [-0.25, -0.2) is 0 Å². The molecule has 1 amide bonds. The molecular weight excluding hydrogens is 318 g/mol. The Morgan fingerprint density at radius 1 is 1.40 bits per heavy atom. The third-order valence-electron chi connectivity index (χ3n) is 4.68. The Morgan fingerprint density at radius 2 is 2.20 bits per heavy atom. The van der Waals surface area contributed by atoms with E-state index in [4.69, 9.17) is 9.47 Å². The SMILES string of the molecule is CC(C)(C)n1nc(C(=O)NCCCOCC2CCCO2)cc1C1CC1. The van der Waals surface area contributed by atoms with Crippen LogP contribution in [0.5, 0.6) is 0 Å². The fraction of sp³-hybridized carbons (Fsp3) is 0.789. The Hall–Kier alpha value is -1.40. The van der Waals surface area contributed by atoms with E-state index in [1.165, 1.54) is 18.5 Å². The van der Waals surface area contributed by atoms with Crippen LogP contribution in [0.3, 0.4) is 0 Å². The first kappa shape index (κ1) is 18.4. The van der Waals surface area contributed by atoms with E-state index in [9.17, 15) is 4.79 Å². The molecule has 1 atom stereocenters. The van der Waals surface area contributed by atoms with Crippen molar-refractivity contribution in [2.75, 3.05) is 26.4 Å². The summed E-state index contributed by atoms with van der Waals surface area (Å²) in [5, 5.41) is 7.52. The summed E-state index contributed by atoms with van der Waals surface area (Å²) in [4.78, 5) is 12.4. The fourth-order valence-corrected chi connectivity index (χ4v) is 3.17. The minimum Gasteiger partial charge on any atom is -0.379 e. The first-order valence-electron chi connectivity index (χ1n) is 9.53. The molecule has 1 saturated carbocycles. The van der Waals surface area contributed by atoms with Gasteiger partial charge in [0.25, 0.3) is 5.91 Å². The van der Waals surface area contributed by atoms with Crippen molar-refractivity contribution in [3.05, 3.63) is 17.5 Å². The van der Waals surface area contributed by atoms with E-state index in [-0.39, 0.29) is 17.6 Å². The molecule has 2 fully saturated rings. The molecule has 25 heavy (non-hydrogen) atoms. The minimum atomic E-state index is -0.105. The van der Waals surface area contributed by atoms with Crippen molar-refractivity contribution < 1.29 is 14.3 Å². The van der Waals surface area contributed by atoms with E-state index < -0.39 is 0 Å². The van der Waals surface area contributed by atoms with Crippen molar-refractivity contribution in [3.63, 3.8) is 0 Å². The van der Waals surface area contributed by atoms with E-state index in [1.807, 2.05) is 10.7 Å². The molecule has 1 aliphatic carbocycles. The Bertz CT molecular complexity index is 581. The van der Waals surface area contributed by atoms with Gasteiger partial charge in [0.15, 0.2) is 0 Å². The van der Waals surface area contributed by atoms with Crippen molar-refractivity contribution >= 4 is 5.91 Å². The molecule has 1 aliphatic heterocycles. The van der Waals surface area contributed by atoms with Crippen LogP contribution in [0.25, 0.3) is 0 Å². The van der Waals surface area contributed by atoms with Crippen LogP contribution < -0.4 is 5.32 Å². The average Bonchev–Trinajstić information content (AvgIpc) is 3.09. The molecule has 0 aromatic carbocycles. The summed E-state index contributed by atoms with van der Waals surface area (Å²) in [6.45, 7) is 9.13. The zero-order valence-electron chi connectivity index (χ0n) is 15.7. The number of aromatic nitrogens is 2. The molecule has 2 aliphatic rings. The maximum atomic E-state index is 12.4. The molecule has 140 valence electrons. The lowest BCUT2D eigenvalue weighted by molar-refractivity contribution is 0.0166. The molecule has 3 rings (SSSR count). The summed E-state index contributed by atoms with van der Waals surface area (Å²) in [6, 6.07) is 1.96. The van der Waals surface area contributed by atoms with Gasteiger partial charge >= 0.3 is 0 Å². The second-order valence-electron chi connectivity index (χ2n) is 8.13. The summed E-state index contributed by atoms with van der Waals surface area (Å²) in [7, 11) is 0. The molecule has 1 saturated heterocycles. The van der Waals surface area contributed by atoms with Crippen molar-refractivity contribution in [3.8, 4) is 0 Å². The van der Waals surface area contributed by atoms with Crippen molar-refractivity contribution in [2.24, 2.45) is 0 Å². The summed E-state index contributed by atoms with van der Waals surface area (Å²) >= 11 is 0. The Kier molecular flexibility index (Phi) is 5.79. The first-order valence-corrected chi connectivity index (χ1v) is 9.53. The monoisotopic (exact) mass is 349 g/mol. The minimum absolute atomic E-state index is 0.0935. The van der Waals surface area contributed by atoms with Crippen LogP contribution in [0, 0.1) is 0 Å². The summed E-state index contributed by atoms with van der Waals surface area (Å²) in [5.74, 6) is 0.475. The molecule has 6 heteroatoms. The maximum absolute atomic E-state index is 12.4. The third kappa shape index (κ3) is 5.05. The van der Waals surface area contributed by atoms with Crippen molar-refractivity contribution in [2.45, 2.75) is 70.4 Å². The third-order valence-corrected chi connectivity index (χ3v) is 4.68. The second-order valence-corrected chi connectivity index (χ2v) is 8.13. The highest BCUT2D eigenvalue weighted by atomic mass is 16.5. The lowest BCUT2D eigenvalue weighted by atomic mass is 10.1. The van der Waals surface area contributed by atoms with E-state index in [2.05, 4.69) is 31.2 Å². The zero-order chi connectivity index (χ0) is 17.9. The molecule has 1 aromatic heterocycles. The van der Waals surface area contributed by atoms with E-state index in [0.717, 1.165) is 25.9 Å². The largest absolute Gasteiger partial charge is 0.379 e. The first-order chi connectivity index (χ1) is 11.9. The number of ether oxygens (including phenoxy) is 2. The molecule has 2 heterocycles. The van der Waals surface area contributed by atoms with Gasteiger partial charge in [0.1, 0.15) is 5.69 Å². The summed E-state index contributed by atoms with van der Waals surface area (Å²) < 4.78 is 13.2. The molecular formula is C19H31N3O3. The molecule has 1 N–H and O–H groups in total. The van der Waals surface area contributed by atoms with Crippen LogP contribution in [-0.4, -0.2) is 48.2 Å². The molecule has 0 radical (unpaired) electrons. The number of nitrogens with zero attached hydrogens (tertiary/aromatic N) is 2. The maximum Gasteiger partial charge on any atom is 0.271 e. The lowest BCUT2D eigenvalue weighted by Crippen LogP contribution is -2.28. The predicted molar refractivity (Wildman–Crippen MR) is 95.9 cm³/mol. The smallest absolute Gasteiger partial charge is 0.271 e. The Labute approximate surface area is 150 Å². The van der Waals surface area contributed by atoms with E-state index >= 15 is 0 Å². The van der Waals surface area contributed by atoms with Crippen molar-refractivity contribution in [1.82, 2.24) is 15.1 Å². The predicted octanol–water partition coefficient (Wildman–Crippen LogP) is 2.83. The Morgan fingerprint density at radius 3 is 2.84 bits per heavy atom. The number of carbonyl (C=O) groups is 1. The number of hydrogen-bond acceptors (Lipinski definition) is 4. The van der Waals surface area contributed by atoms with Crippen molar-refractivity contribution in [1.29, 1.82) is 0 Å². The van der Waals surface area contributed by atoms with Crippen LogP contribution in [0.4, 0.5) is 0 Å². The zero-order valence-corrected chi connectivity index (χ0v) is 15.7. The number of rotatable bonds is 8. The quantitative estimate of drug-likeness (QED) is 0.733. The molecule has 0 spiro atoms. The number of carbonyl (C=O) groups excluding carboxylic acids is 1. The van der Waals surface area contributed by atoms with Crippen LogP contribution in [0.1, 0.15) is 75.0 Å². The van der Waals surface area contributed by atoms with Crippen LogP contribution in [-0.2, 0) is 15.0 Å².